The summed E-state index contributed by atoms with van der Waals surface area (Å²) in [5, 5.41) is 0. The molecule has 1 aromatic carbocycles. The lowest BCUT2D eigenvalue weighted by molar-refractivity contribution is 0.0736. The predicted molar refractivity (Wildman–Crippen MR) is 75.3 cm³/mol. The summed E-state index contributed by atoms with van der Waals surface area (Å²) < 4.78 is 41.6. The molecule has 0 heterocycles. The van der Waals surface area contributed by atoms with E-state index in [1.165, 1.54) is 25.3 Å². The molecule has 0 amide bonds. The minimum atomic E-state index is -3.65. The molecule has 0 aliphatic rings. The van der Waals surface area contributed by atoms with Gasteiger partial charge in [0.15, 0.2) is 0 Å². The van der Waals surface area contributed by atoms with Gasteiger partial charge in [0.1, 0.15) is 10.6 Å². The third-order valence-corrected chi connectivity index (χ3v) is 3.95. The van der Waals surface area contributed by atoms with E-state index in [2.05, 4.69) is 4.72 Å². The number of rotatable bonds is 9. The molecule has 0 unspecified atom stereocenters. The van der Waals surface area contributed by atoms with Crippen molar-refractivity contribution in [2.24, 2.45) is 0 Å². The van der Waals surface area contributed by atoms with E-state index in [-0.39, 0.29) is 23.8 Å². The van der Waals surface area contributed by atoms with Crippen molar-refractivity contribution >= 4 is 15.7 Å². The van der Waals surface area contributed by atoms with Gasteiger partial charge in [-0.25, -0.2) is 13.1 Å². The van der Waals surface area contributed by atoms with Gasteiger partial charge < -0.3 is 19.9 Å². The zero-order valence-corrected chi connectivity index (χ0v) is 12.4. The molecule has 0 saturated carbocycles. The van der Waals surface area contributed by atoms with Crippen LogP contribution in [0.3, 0.4) is 0 Å². The molecule has 0 radical (unpaired) electrons. The first-order valence-electron chi connectivity index (χ1n) is 6.01. The molecule has 1 rings (SSSR count). The molecule has 0 atom stereocenters. The highest BCUT2D eigenvalue weighted by Crippen LogP contribution is 2.25. The summed E-state index contributed by atoms with van der Waals surface area (Å²) in [5.41, 5.74) is 6.02. The number of anilines is 1. The Bertz CT molecular complexity index is 519. The summed E-state index contributed by atoms with van der Waals surface area (Å²) >= 11 is 0. The van der Waals surface area contributed by atoms with E-state index in [1.807, 2.05) is 0 Å². The Hall–Kier alpha value is -1.35. The first kappa shape index (κ1) is 16.7. The summed E-state index contributed by atoms with van der Waals surface area (Å²) in [5.74, 6) is 0.206. The number of ether oxygens (including phenoxy) is 3. The van der Waals surface area contributed by atoms with Gasteiger partial charge in [0, 0.05) is 25.4 Å². The first-order chi connectivity index (χ1) is 9.51. The average Bonchev–Trinajstić information content (AvgIpc) is 2.42. The summed E-state index contributed by atoms with van der Waals surface area (Å²) in [6.07, 6.45) is 0. The van der Waals surface area contributed by atoms with Crippen LogP contribution < -0.4 is 15.2 Å². The van der Waals surface area contributed by atoms with Gasteiger partial charge in [0.25, 0.3) is 0 Å². The Balaban J connectivity index is 2.60. The fraction of sp³-hybridized carbons (Fsp3) is 0.500. The molecule has 0 aliphatic carbocycles. The van der Waals surface area contributed by atoms with E-state index >= 15 is 0 Å². The van der Waals surface area contributed by atoms with Crippen LogP contribution in [0.2, 0.25) is 0 Å². The van der Waals surface area contributed by atoms with Gasteiger partial charge in [-0.15, -0.1) is 0 Å². The molecule has 20 heavy (non-hydrogen) atoms. The Morgan fingerprint density at radius 1 is 1.20 bits per heavy atom. The molecular formula is C12H20N2O5S. The number of nitrogens with two attached hydrogens (primary N) is 1. The highest BCUT2D eigenvalue weighted by Gasteiger charge is 2.18. The number of hydrogen-bond acceptors (Lipinski definition) is 6. The van der Waals surface area contributed by atoms with E-state index in [1.54, 1.807) is 7.11 Å². The lowest BCUT2D eigenvalue weighted by atomic mass is 10.3. The molecule has 1 aromatic rings. The van der Waals surface area contributed by atoms with Crippen LogP contribution in [0.25, 0.3) is 0 Å². The molecule has 0 spiro atoms. The van der Waals surface area contributed by atoms with Crippen LogP contribution in [-0.2, 0) is 19.5 Å². The van der Waals surface area contributed by atoms with Crippen LogP contribution in [0.1, 0.15) is 0 Å². The van der Waals surface area contributed by atoms with E-state index in [0.29, 0.717) is 18.9 Å². The fourth-order valence-electron chi connectivity index (χ4n) is 1.48. The van der Waals surface area contributed by atoms with E-state index in [4.69, 9.17) is 19.9 Å². The van der Waals surface area contributed by atoms with Crippen molar-refractivity contribution in [1.29, 1.82) is 0 Å². The topological polar surface area (TPSA) is 99.9 Å². The molecule has 0 bridgehead atoms. The Morgan fingerprint density at radius 2 is 1.95 bits per heavy atom. The highest BCUT2D eigenvalue weighted by molar-refractivity contribution is 7.89. The maximum absolute atomic E-state index is 12.1. The third-order valence-electron chi connectivity index (χ3n) is 2.45. The van der Waals surface area contributed by atoms with Crippen molar-refractivity contribution in [3.63, 3.8) is 0 Å². The number of benzene rings is 1. The molecule has 0 aromatic heterocycles. The fourth-order valence-corrected chi connectivity index (χ4v) is 2.64. The van der Waals surface area contributed by atoms with Crippen molar-refractivity contribution in [3.8, 4) is 5.75 Å². The van der Waals surface area contributed by atoms with Gasteiger partial charge in [-0.1, -0.05) is 0 Å². The predicted octanol–water partition coefficient (Wildman–Crippen LogP) is 0.219. The molecule has 7 nitrogen and oxygen atoms in total. The van der Waals surface area contributed by atoms with Crippen molar-refractivity contribution in [2.75, 3.05) is 46.3 Å². The Labute approximate surface area is 119 Å². The minimum Gasteiger partial charge on any atom is -0.495 e. The number of hydrogen-bond donors (Lipinski definition) is 2. The maximum Gasteiger partial charge on any atom is 0.244 e. The number of nitrogens with one attached hydrogen (secondary N) is 1. The number of methoxy groups -OCH3 is 2. The molecule has 0 fully saturated rings. The van der Waals surface area contributed by atoms with E-state index < -0.39 is 10.0 Å². The SMILES string of the molecule is COCCOCCNS(=O)(=O)c1ccc(N)cc1OC. The van der Waals surface area contributed by atoms with Crippen molar-refractivity contribution in [2.45, 2.75) is 4.90 Å². The van der Waals surface area contributed by atoms with Gasteiger partial charge in [-0.3, -0.25) is 0 Å². The standard InChI is InChI=1S/C12H20N2O5S/c1-17-7-8-19-6-5-14-20(15,16)12-4-3-10(13)9-11(12)18-2/h3-4,9,14H,5-8,13H2,1-2H3. The van der Waals surface area contributed by atoms with Gasteiger partial charge in [-0.2, -0.15) is 0 Å². The lowest BCUT2D eigenvalue weighted by Gasteiger charge is -2.11. The third kappa shape index (κ3) is 4.97. The first-order valence-corrected chi connectivity index (χ1v) is 7.49. The highest BCUT2D eigenvalue weighted by atomic mass is 32.2. The quantitative estimate of drug-likeness (QED) is 0.500. The molecular weight excluding hydrogens is 284 g/mol. The minimum absolute atomic E-state index is 0.0473. The molecule has 0 saturated heterocycles. The number of sulfonamides is 1. The van der Waals surface area contributed by atoms with Gasteiger partial charge in [0.05, 0.1) is 26.9 Å². The zero-order chi connectivity index (χ0) is 15.0. The molecule has 8 heteroatoms. The van der Waals surface area contributed by atoms with Gasteiger partial charge >= 0.3 is 0 Å². The lowest BCUT2D eigenvalue weighted by Crippen LogP contribution is -2.28. The Morgan fingerprint density at radius 3 is 2.60 bits per heavy atom. The monoisotopic (exact) mass is 304 g/mol. The van der Waals surface area contributed by atoms with Gasteiger partial charge in [0.2, 0.25) is 10.0 Å². The second-order valence-corrected chi connectivity index (χ2v) is 5.65. The number of nitrogen functional groups attached to an aromatic ring is 1. The van der Waals surface area contributed by atoms with Gasteiger partial charge in [-0.05, 0) is 12.1 Å². The summed E-state index contributed by atoms with van der Waals surface area (Å²) in [6.45, 7) is 1.32. The van der Waals surface area contributed by atoms with E-state index in [0.717, 1.165) is 0 Å². The van der Waals surface area contributed by atoms with E-state index in [9.17, 15) is 8.42 Å². The van der Waals surface area contributed by atoms with Crippen LogP contribution >= 0.6 is 0 Å². The van der Waals surface area contributed by atoms with Crippen molar-refractivity contribution in [1.82, 2.24) is 4.72 Å². The normalized spacial score (nSPS) is 11.5. The van der Waals surface area contributed by atoms with Crippen LogP contribution in [-0.4, -0.2) is 49.0 Å². The molecule has 0 aliphatic heterocycles. The smallest absolute Gasteiger partial charge is 0.244 e. The summed E-state index contributed by atoms with van der Waals surface area (Å²) in [7, 11) is -0.695. The second-order valence-electron chi connectivity index (χ2n) is 3.91. The maximum atomic E-state index is 12.1. The Kier molecular flexibility index (Phi) is 6.73. The van der Waals surface area contributed by atoms with Crippen molar-refractivity contribution < 1.29 is 22.6 Å². The van der Waals surface area contributed by atoms with Crippen LogP contribution in [0.15, 0.2) is 23.1 Å². The average molecular weight is 304 g/mol. The van der Waals surface area contributed by atoms with Crippen LogP contribution in [0, 0.1) is 0 Å². The molecule has 3 N–H and O–H groups in total. The van der Waals surface area contributed by atoms with Crippen molar-refractivity contribution in [3.05, 3.63) is 18.2 Å². The van der Waals surface area contributed by atoms with Crippen LogP contribution in [0.4, 0.5) is 5.69 Å². The zero-order valence-electron chi connectivity index (χ0n) is 11.6. The largest absolute Gasteiger partial charge is 0.495 e. The van der Waals surface area contributed by atoms with Crippen LogP contribution in [0.5, 0.6) is 5.75 Å². The second kappa shape index (κ2) is 8.05. The summed E-state index contributed by atoms with van der Waals surface area (Å²) in [4.78, 5) is 0.0473. The molecule has 114 valence electrons. The summed E-state index contributed by atoms with van der Waals surface area (Å²) in [6, 6.07) is 4.37.